The number of nitrogens with zero attached hydrogens (tertiary/aromatic N) is 3. The van der Waals surface area contributed by atoms with Crippen molar-refractivity contribution in [3.63, 3.8) is 0 Å². The third-order valence-corrected chi connectivity index (χ3v) is 2.55. The summed E-state index contributed by atoms with van der Waals surface area (Å²) in [7, 11) is 0. The first-order chi connectivity index (χ1) is 7.83. The molecular formula is C10H7ClN4O. The fraction of sp³-hybridized carbons (Fsp3) is 0.100. The van der Waals surface area contributed by atoms with Crippen molar-refractivity contribution < 1.29 is 4.74 Å². The van der Waals surface area contributed by atoms with Gasteiger partial charge in [0.05, 0.1) is 0 Å². The molecule has 1 aromatic carbocycles. The monoisotopic (exact) mass is 234 g/mol. The van der Waals surface area contributed by atoms with Crippen LogP contribution in [-0.4, -0.2) is 27.2 Å². The van der Waals surface area contributed by atoms with Gasteiger partial charge in [-0.25, -0.2) is 0 Å². The maximum atomic E-state index is 5.91. The van der Waals surface area contributed by atoms with Crippen LogP contribution in [0.25, 0.3) is 11.6 Å². The van der Waals surface area contributed by atoms with Crippen molar-refractivity contribution in [1.82, 2.24) is 20.6 Å². The molecule has 3 rings (SSSR count). The van der Waals surface area contributed by atoms with Gasteiger partial charge in [-0.1, -0.05) is 11.6 Å². The number of hydrogen-bond acceptors (Lipinski definition) is 4. The van der Waals surface area contributed by atoms with Crippen LogP contribution in [0.4, 0.5) is 0 Å². The van der Waals surface area contributed by atoms with Crippen molar-refractivity contribution in [3.05, 3.63) is 34.6 Å². The Morgan fingerprint density at radius 1 is 1.38 bits per heavy atom. The van der Waals surface area contributed by atoms with E-state index in [9.17, 15) is 0 Å². The summed E-state index contributed by atoms with van der Waals surface area (Å²) in [4.78, 5) is 0. The number of nitrogens with one attached hydrogen (secondary N) is 1. The second-order valence-corrected chi connectivity index (χ2v) is 3.81. The molecule has 0 aliphatic carbocycles. The van der Waals surface area contributed by atoms with Crippen LogP contribution in [0.5, 0.6) is 5.75 Å². The number of benzene rings is 1. The van der Waals surface area contributed by atoms with Gasteiger partial charge in [-0.15, -0.1) is 10.2 Å². The zero-order valence-electron chi connectivity index (χ0n) is 8.14. The van der Waals surface area contributed by atoms with Gasteiger partial charge in [0, 0.05) is 16.2 Å². The molecule has 0 saturated heterocycles. The van der Waals surface area contributed by atoms with E-state index < -0.39 is 0 Å². The average Bonchev–Trinajstić information content (AvgIpc) is 2.81. The van der Waals surface area contributed by atoms with Gasteiger partial charge in [-0.2, -0.15) is 5.21 Å². The average molecular weight is 235 g/mol. The van der Waals surface area contributed by atoms with Crippen LogP contribution in [0.1, 0.15) is 11.4 Å². The van der Waals surface area contributed by atoms with Gasteiger partial charge in [0.15, 0.2) is 0 Å². The van der Waals surface area contributed by atoms with Gasteiger partial charge in [0.1, 0.15) is 12.4 Å². The third kappa shape index (κ3) is 1.55. The van der Waals surface area contributed by atoms with Crippen molar-refractivity contribution >= 4 is 23.3 Å². The molecule has 1 N–H and O–H groups in total. The van der Waals surface area contributed by atoms with Crippen molar-refractivity contribution in [2.24, 2.45) is 0 Å². The Kier molecular flexibility index (Phi) is 2.11. The standard InChI is InChI=1S/C10H7ClN4O/c11-8-1-2-9-6(4-8)3-7(5-16-9)10-12-14-15-13-10/h1-4H,5H2,(H,12,13,14,15). The van der Waals surface area contributed by atoms with Crippen LogP contribution < -0.4 is 4.74 Å². The quantitative estimate of drug-likeness (QED) is 0.817. The first-order valence-electron chi connectivity index (χ1n) is 4.70. The maximum absolute atomic E-state index is 5.91. The van der Waals surface area contributed by atoms with E-state index in [0.717, 1.165) is 16.9 Å². The molecule has 5 nitrogen and oxygen atoms in total. The summed E-state index contributed by atoms with van der Waals surface area (Å²) in [5.41, 5.74) is 1.81. The lowest BCUT2D eigenvalue weighted by Crippen LogP contribution is -2.07. The fourth-order valence-corrected chi connectivity index (χ4v) is 1.76. The van der Waals surface area contributed by atoms with Crippen LogP contribution >= 0.6 is 11.6 Å². The van der Waals surface area contributed by atoms with Crippen molar-refractivity contribution in [2.45, 2.75) is 0 Å². The van der Waals surface area contributed by atoms with E-state index in [1.54, 1.807) is 6.07 Å². The van der Waals surface area contributed by atoms with E-state index in [4.69, 9.17) is 16.3 Å². The number of tetrazole rings is 1. The van der Waals surface area contributed by atoms with Gasteiger partial charge in [-0.05, 0) is 29.5 Å². The Bertz CT molecular complexity index is 550. The van der Waals surface area contributed by atoms with E-state index in [1.807, 2.05) is 18.2 Å². The van der Waals surface area contributed by atoms with Crippen molar-refractivity contribution in [3.8, 4) is 5.75 Å². The van der Waals surface area contributed by atoms with Crippen LogP contribution in [0.3, 0.4) is 0 Å². The topological polar surface area (TPSA) is 63.7 Å². The fourth-order valence-electron chi connectivity index (χ4n) is 1.58. The minimum atomic E-state index is 0.439. The summed E-state index contributed by atoms with van der Waals surface area (Å²) in [6, 6.07) is 5.49. The van der Waals surface area contributed by atoms with E-state index in [1.165, 1.54) is 0 Å². The van der Waals surface area contributed by atoms with Gasteiger partial charge in [0.2, 0.25) is 5.82 Å². The normalized spacial score (nSPS) is 13.9. The molecule has 0 bridgehead atoms. The minimum Gasteiger partial charge on any atom is -0.488 e. The van der Waals surface area contributed by atoms with Gasteiger partial charge in [0.25, 0.3) is 0 Å². The molecule has 0 fully saturated rings. The molecule has 0 atom stereocenters. The Balaban J connectivity index is 2.07. The Morgan fingerprint density at radius 2 is 2.31 bits per heavy atom. The largest absolute Gasteiger partial charge is 0.488 e. The third-order valence-electron chi connectivity index (χ3n) is 2.32. The number of aromatic nitrogens is 4. The SMILES string of the molecule is Clc1ccc2c(c1)C=C(c1nn[nH]n1)CO2. The number of ether oxygens (including phenoxy) is 1. The lowest BCUT2D eigenvalue weighted by molar-refractivity contribution is 0.365. The predicted molar refractivity (Wildman–Crippen MR) is 59.0 cm³/mol. The first-order valence-corrected chi connectivity index (χ1v) is 5.07. The molecule has 1 aliphatic rings. The summed E-state index contributed by atoms with van der Waals surface area (Å²) < 4.78 is 5.57. The smallest absolute Gasteiger partial charge is 0.204 e. The summed E-state index contributed by atoms with van der Waals surface area (Å²) >= 11 is 5.91. The van der Waals surface area contributed by atoms with Crippen LogP contribution in [-0.2, 0) is 0 Å². The van der Waals surface area contributed by atoms with Gasteiger partial charge < -0.3 is 4.74 Å². The molecule has 2 heterocycles. The Morgan fingerprint density at radius 3 is 3.12 bits per heavy atom. The molecule has 1 aromatic heterocycles. The highest BCUT2D eigenvalue weighted by molar-refractivity contribution is 6.30. The molecule has 1 aliphatic heterocycles. The first kappa shape index (κ1) is 9.35. The molecular weight excluding hydrogens is 228 g/mol. The minimum absolute atomic E-state index is 0.439. The lowest BCUT2D eigenvalue weighted by atomic mass is 10.1. The number of aromatic amines is 1. The van der Waals surface area contributed by atoms with E-state index >= 15 is 0 Å². The number of fused-ring (bicyclic) bond motifs is 1. The highest BCUT2D eigenvalue weighted by atomic mass is 35.5. The number of H-pyrrole nitrogens is 1. The second kappa shape index (κ2) is 3.61. The molecule has 0 saturated carbocycles. The molecule has 80 valence electrons. The Hall–Kier alpha value is -1.88. The second-order valence-electron chi connectivity index (χ2n) is 3.38. The highest BCUT2D eigenvalue weighted by Crippen LogP contribution is 2.30. The maximum Gasteiger partial charge on any atom is 0.204 e. The summed E-state index contributed by atoms with van der Waals surface area (Å²) in [5.74, 6) is 1.36. The van der Waals surface area contributed by atoms with Crippen molar-refractivity contribution in [2.75, 3.05) is 6.61 Å². The Labute approximate surface area is 96.1 Å². The van der Waals surface area contributed by atoms with Crippen molar-refractivity contribution in [1.29, 1.82) is 0 Å². The van der Waals surface area contributed by atoms with Crippen LogP contribution in [0, 0.1) is 0 Å². The molecule has 6 heteroatoms. The van der Waals surface area contributed by atoms with Crippen LogP contribution in [0.15, 0.2) is 18.2 Å². The molecule has 0 amide bonds. The molecule has 0 unspecified atom stereocenters. The zero-order valence-corrected chi connectivity index (χ0v) is 8.90. The van der Waals surface area contributed by atoms with E-state index in [0.29, 0.717) is 17.5 Å². The lowest BCUT2D eigenvalue weighted by Gasteiger charge is -2.15. The van der Waals surface area contributed by atoms with Gasteiger partial charge in [-0.3, -0.25) is 0 Å². The summed E-state index contributed by atoms with van der Waals surface area (Å²) in [6.45, 7) is 0.439. The van der Waals surface area contributed by atoms with Crippen LogP contribution in [0.2, 0.25) is 5.02 Å². The van der Waals surface area contributed by atoms with E-state index in [2.05, 4.69) is 20.6 Å². The summed E-state index contributed by atoms with van der Waals surface area (Å²) in [6.07, 6.45) is 1.95. The van der Waals surface area contributed by atoms with Gasteiger partial charge >= 0.3 is 0 Å². The van der Waals surface area contributed by atoms with E-state index in [-0.39, 0.29) is 0 Å². The zero-order chi connectivity index (χ0) is 11.0. The number of hydrogen-bond donors (Lipinski definition) is 1. The molecule has 16 heavy (non-hydrogen) atoms. The molecule has 2 aromatic rings. The number of halogens is 1. The molecule has 0 spiro atoms. The summed E-state index contributed by atoms with van der Waals surface area (Å²) in [5, 5.41) is 14.4. The predicted octanol–water partition coefficient (Wildman–Crippen LogP) is 1.79. The molecule has 0 radical (unpaired) electrons. The number of rotatable bonds is 1. The highest BCUT2D eigenvalue weighted by Gasteiger charge is 2.15.